The van der Waals surface area contributed by atoms with Gasteiger partial charge in [-0.25, -0.2) is 15.0 Å². The number of aryl methyl sites for hydroxylation is 1. The molecule has 6 nitrogen and oxygen atoms in total. The molecule has 0 bridgehead atoms. The fourth-order valence-corrected chi connectivity index (χ4v) is 1.86. The van der Waals surface area contributed by atoms with Crippen LogP contribution in [0.25, 0.3) is 22.6 Å². The van der Waals surface area contributed by atoms with Gasteiger partial charge in [0.15, 0.2) is 11.0 Å². The van der Waals surface area contributed by atoms with Gasteiger partial charge in [0, 0.05) is 19.4 Å². The highest BCUT2D eigenvalue weighted by atomic mass is 35.5. The van der Waals surface area contributed by atoms with Gasteiger partial charge in [0.05, 0.1) is 12.4 Å². The Morgan fingerprint density at radius 1 is 1.18 bits per heavy atom. The summed E-state index contributed by atoms with van der Waals surface area (Å²) in [6, 6.07) is 0. The van der Waals surface area contributed by atoms with E-state index in [1.54, 1.807) is 36.5 Å². The summed E-state index contributed by atoms with van der Waals surface area (Å²) in [6.07, 6.45) is 6.41. The van der Waals surface area contributed by atoms with Crippen molar-refractivity contribution in [1.82, 2.24) is 29.7 Å². The minimum Gasteiger partial charge on any atom is -0.263 e. The van der Waals surface area contributed by atoms with Crippen LogP contribution in [0.2, 0.25) is 5.15 Å². The molecule has 0 fully saturated rings. The van der Waals surface area contributed by atoms with Crippen molar-refractivity contribution < 1.29 is 0 Å². The third-order valence-corrected chi connectivity index (χ3v) is 2.60. The maximum atomic E-state index is 6.10. The van der Waals surface area contributed by atoms with Crippen LogP contribution in [0.5, 0.6) is 0 Å². The molecule has 0 radical (unpaired) electrons. The lowest BCUT2D eigenvalue weighted by atomic mass is 10.4. The monoisotopic (exact) mass is 246 g/mol. The molecule has 0 aromatic carbocycles. The maximum Gasteiger partial charge on any atom is 0.181 e. The molecule has 3 aromatic heterocycles. The highest BCUT2D eigenvalue weighted by Gasteiger charge is 2.11. The maximum absolute atomic E-state index is 6.10. The Hall–Kier alpha value is -2.08. The van der Waals surface area contributed by atoms with E-state index in [2.05, 4.69) is 25.0 Å². The summed E-state index contributed by atoms with van der Waals surface area (Å²) in [4.78, 5) is 16.6. The zero-order valence-electron chi connectivity index (χ0n) is 8.87. The van der Waals surface area contributed by atoms with Gasteiger partial charge in [0.2, 0.25) is 0 Å². The summed E-state index contributed by atoms with van der Waals surface area (Å²) < 4.78 is 1.64. The molecule has 0 unspecified atom stereocenters. The van der Waals surface area contributed by atoms with E-state index < -0.39 is 0 Å². The van der Waals surface area contributed by atoms with Crippen LogP contribution in [0.1, 0.15) is 0 Å². The van der Waals surface area contributed by atoms with Crippen LogP contribution in [0, 0.1) is 0 Å². The first-order chi connectivity index (χ1) is 8.25. The van der Waals surface area contributed by atoms with Gasteiger partial charge in [0.1, 0.15) is 16.7 Å². The molecule has 0 aliphatic rings. The third-order valence-electron chi connectivity index (χ3n) is 2.34. The first-order valence-corrected chi connectivity index (χ1v) is 5.25. The molecule has 84 valence electrons. The van der Waals surface area contributed by atoms with E-state index >= 15 is 0 Å². The average molecular weight is 247 g/mol. The van der Waals surface area contributed by atoms with Crippen LogP contribution in [0.3, 0.4) is 0 Å². The molecular weight excluding hydrogens is 240 g/mol. The summed E-state index contributed by atoms with van der Waals surface area (Å²) in [5.74, 6) is 0.448. The summed E-state index contributed by atoms with van der Waals surface area (Å²) in [6.45, 7) is 0. The lowest BCUT2D eigenvalue weighted by Gasteiger charge is -2.01. The lowest BCUT2D eigenvalue weighted by molar-refractivity contribution is 0.795. The van der Waals surface area contributed by atoms with E-state index in [1.807, 2.05) is 0 Å². The lowest BCUT2D eigenvalue weighted by Crippen LogP contribution is -1.96. The van der Waals surface area contributed by atoms with Crippen molar-refractivity contribution in [2.45, 2.75) is 0 Å². The average Bonchev–Trinajstić information content (AvgIpc) is 2.73. The molecule has 7 heteroatoms. The fraction of sp³-hybridized carbons (Fsp3) is 0.100. The van der Waals surface area contributed by atoms with Gasteiger partial charge in [-0.1, -0.05) is 11.6 Å². The molecule has 0 aliphatic heterocycles. The Balaban J connectivity index is 2.26. The Kier molecular flexibility index (Phi) is 2.22. The van der Waals surface area contributed by atoms with Gasteiger partial charge in [-0.3, -0.25) is 9.67 Å². The fourth-order valence-electron chi connectivity index (χ4n) is 1.56. The van der Waals surface area contributed by atoms with Crippen LogP contribution in [-0.2, 0) is 7.05 Å². The molecule has 0 saturated heterocycles. The molecule has 17 heavy (non-hydrogen) atoms. The Bertz CT molecular complexity index is 678. The molecule has 0 saturated carbocycles. The second-order valence-electron chi connectivity index (χ2n) is 3.43. The van der Waals surface area contributed by atoms with Crippen LogP contribution in [0.15, 0.2) is 24.8 Å². The quantitative estimate of drug-likeness (QED) is 0.608. The zero-order chi connectivity index (χ0) is 11.8. The molecular formula is C10H7ClN6. The minimum atomic E-state index is 0.357. The number of fused-ring (bicyclic) bond motifs is 1. The van der Waals surface area contributed by atoms with Gasteiger partial charge < -0.3 is 0 Å². The summed E-state index contributed by atoms with van der Waals surface area (Å²) in [5, 5.41) is 4.44. The van der Waals surface area contributed by atoms with E-state index in [9.17, 15) is 0 Å². The smallest absolute Gasteiger partial charge is 0.181 e. The van der Waals surface area contributed by atoms with Gasteiger partial charge in [-0.2, -0.15) is 5.10 Å². The number of nitrogens with zero attached hydrogens (tertiary/aromatic N) is 6. The highest BCUT2D eigenvalue weighted by Crippen LogP contribution is 2.22. The van der Waals surface area contributed by atoms with E-state index in [-0.39, 0.29) is 0 Å². The third kappa shape index (κ3) is 1.62. The summed E-state index contributed by atoms with van der Waals surface area (Å²) in [7, 11) is 1.79. The molecule has 0 amide bonds. The van der Waals surface area contributed by atoms with Gasteiger partial charge >= 0.3 is 0 Å². The van der Waals surface area contributed by atoms with Crippen molar-refractivity contribution in [3.05, 3.63) is 29.9 Å². The van der Waals surface area contributed by atoms with Crippen LogP contribution >= 0.6 is 11.6 Å². The van der Waals surface area contributed by atoms with Crippen molar-refractivity contribution in [3.63, 3.8) is 0 Å². The standard InChI is InChI=1S/C10H7ClN6/c1-17-8-6(5-14-17)15-10(16-9(8)11)7-4-12-2-3-13-7/h2-5H,1H3. The number of rotatable bonds is 1. The van der Waals surface area contributed by atoms with Crippen molar-refractivity contribution in [2.75, 3.05) is 0 Å². The zero-order valence-corrected chi connectivity index (χ0v) is 9.63. The van der Waals surface area contributed by atoms with Crippen molar-refractivity contribution >= 4 is 22.6 Å². The molecule has 0 atom stereocenters. The van der Waals surface area contributed by atoms with E-state index in [4.69, 9.17) is 11.6 Å². The SMILES string of the molecule is Cn1ncc2nc(-c3cnccn3)nc(Cl)c21. The van der Waals surface area contributed by atoms with Crippen LogP contribution in [-0.4, -0.2) is 29.7 Å². The minimum absolute atomic E-state index is 0.357. The van der Waals surface area contributed by atoms with Gasteiger partial charge in [-0.15, -0.1) is 0 Å². The van der Waals surface area contributed by atoms with Gasteiger partial charge in [0.25, 0.3) is 0 Å². The largest absolute Gasteiger partial charge is 0.263 e. The molecule has 3 rings (SSSR count). The number of halogens is 1. The van der Waals surface area contributed by atoms with E-state index in [0.717, 1.165) is 0 Å². The topological polar surface area (TPSA) is 69.4 Å². The Labute approximate surface area is 101 Å². The highest BCUT2D eigenvalue weighted by molar-refractivity contribution is 6.33. The molecule has 3 aromatic rings. The second-order valence-corrected chi connectivity index (χ2v) is 3.79. The predicted molar refractivity (Wildman–Crippen MR) is 62.3 cm³/mol. The first-order valence-electron chi connectivity index (χ1n) is 4.87. The summed E-state index contributed by atoms with van der Waals surface area (Å²) >= 11 is 6.10. The molecule has 3 heterocycles. The van der Waals surface area contributed by atoms with Crippen molar-refractivity contribution in [3.8, 4) is 11.5 Å². The second kappa shape index (κ2) is 3.74. The summed E-state index contributed by atoms with van der Waals surface area (Å²) in [5.41, 5.74) is 1.98. The molecule has 0 N–H and O–H groups in total. The van der Waals surface area contributed by atoms with Crippen LogP contribution < -0.4 is 0 Å². The molecule has 0 aliphatic carbocycles. The normalized spacial score (nSPS) is 10.9. The number of aromatic nitrogens is 6. The van der Waals surface area contributed by atoms with Crippen molar-refractivity contribution in [1.29, 1.82) is 0 Å². The van der Waals surface area contributed by atoms with Gasteiger partial charge in [-0.05, 0) is 0 Å². The van der Waals surface area contributed by atoms with Crippen LogP contribution in [0.4, 0.5) is 0 Å². The number of hydrogen-bond donors (Lipinski definition) is 0. The Morgan fingerprint density at radius 2 is 2.06 bits per heavy atom. The predicted octanol–water partition coefficient (Wildman–Crippen LogP) is 1.47. The Morgan fingerprint density at radius 3 is 2.82 bits per heavy atom. The van der Waals surface area contributed by atoms with E-state index in [1.165, 1.54) is 0 Å². The first kappa shape index (κ1) is 10.1. The van der Waals surface area contributed by atoms with Crippen molar-refractivity contribution in [2.24, 2.45) is 7.05 Å². The number of hydrogen-bond acceptors (Lipinski definition) is 5. The molecule has 0 spiro atoms. The van der Waals surface area contributed by atoms with E-state index in [0.29, 0.717) is 27.7 Å².